The van der Waals surface area contributed by atoms with Crippen LogP contribution < -0.4 is 4.74 Å². The normalized spacial score (nSPS) is 16.7. The fraction of sp³-hybridized carbons (Fsp3) is 0.364. The molecule has 1 aromatic rings. The van der Waals surface area contributed by atoms with Gasteiger partial charge >= 0.3 is 0 Å². The Morgan fingerprint density at radius 1 is 1.53 bits per heavy atom. The van der Waals surface area contributed by atoms with Gasteiger partial charge in [-0.25, -0.2) is 4.79 Å². The molecule has 0 bridgehead atoms. The van der Waals surface area contributed by atoms with Crippen LogP contribution in [0.1, 0.15) is 18.4 Å². The number of isocyanates is 1. The molecule has 1 aliphatic carbocycles. The molecule has 15 heavy (non-hydrogen) atoms. The van der Waals surface area contributed by atoms with Crippen molar-refractivity contribution in [1.29, 1.82) is 0 Å². The third-order valence-electron chi connectivity index (χ3n) is 2.65. The van der Waals surface area contributed by atoms with E-state index in [1.165, 1.54) is 0 Å². The van der Waals surface area contributed by atoms with Crippen molar-refractivity contribution < 1.29 is 9.53 Å². The van der Waals surface area contributed by atoms with E-state index in [9.17, 15) is 4.79 Å². The van der Waals surface area contributed by atoms with Crippen molar-refractivity contribution in [3.05, 3.63) is 28.2 Å². The Morgan fingerprint density at radius 3 is 2.80 bits per heavy atom. The molecule has 0 saturated heterocycles. The predicted octanol–water partition coefficient (Wildman–Crippen LogP) is 2.78. The number of nitrogens with zero attached hydrogens (tertiary/aromatic N) is 1. The van der Waals surface area contributed by atoms with Gasteiger partial charge in [0.15, 0.2) is 0 Å². The Bertz CT molecular complexity index is 434. The van der Waals surface area contributed by atoms with Gasteiger partial charge in [-0.15, -0.1) is 0 Å². The first-order valence-corrected chi connectivity index (χ1v) is 5.44. The maximum atomic E-state index is 10.4. The van der Waals surface area contributed by atoms with Gasteiger partial charge in [0.1, 0.15) is 11.3 Å². The Morgan fingerprint density at radius 2 is 2.27 bits per heavy atom. The lowest BCUT2D eigenvalue weighted by molar-refractivity contribution is 0.404. The minimum atomic E-state index is -0.378. The number of ether oxygens (including phenoxy) is 1. The molecule has 0 aliphatic heterocycles. The van der Waals surface area contributed by atoms with Gasteiger partial charge in [-0.2, -0.15) is 4.99 Å². The topological polar surface area (TPSA) is 38.7 Å². The summed E-state index contributed by atoms with van der Waals surface area (Å²) in [5.74, 6) is 0.773. The lowest BCUT2D eigenvalue weighted by Gasteiger charge is -2.13. The number of methoxy groups -OCH3 is 1. The van der Waals surface area contributed by atoms with Crippen LogP contribution in [0.25, 0.3) is 0 Å². The first-order valence-electron chi connectivity index (χ1n) is 4.65. The molecular formula is C11H10BrNO2. The highest BCUT2D eigenvalue weighted by Crippen LogP contribution is 2.52. The molecule has 4 heteroatoms. The van der Waals surface area contributed by atoms with E-state index in [1.807, 2.05) is 18.2 Å². The molecule has 1 aliphatic rings. The molecule has 0 N–H and O–H groups in total. The fourth-order valence-electron chi connectivity index (χ4n) is 1.69. The summed E-state index contributed by atoms with van der Waals surface area (Å²) in [6, 6.07) is 5.73. The van der Waals surface area contributed by atoms with Gasteiger partial charge in [0.25, 0.3) is 0 Å². The number of hydrogen-bond donors (Lipinski definition) is 0. The van der Waals surface area contributed by atoms with Crippen LogP contribution in [0.3, 0.4) is 0 Å². The maximum absolute atomic E-state index is 10.4. The van der Waals surface area contributed by atoms with E-state index < -0.39 is 0 Å². The van der Waals surface area contributed by atoms with Gasteiger partial charge in [-0.05, 0) is 31.0 Å². The highest BCUT2D eigenvalue weighted by atomic mass is 79.9. The van der Waals surface area contributed by atoms with Gasteiger partial charge in [-0.3, -0.25) is 0 Å². The molecule has 0 aromatic heterocycles. The smallest absolute Gasteiger partial charge is 0.235 e. The van der Waals surface area contributed by atoms with Crippen molar-refractivity contribution in [3.8, 4) is 5.75 Å². The highest BCUT2D eigenvalue weighted by Gasteiger charge is 2.46. The van der Waals surface area contributed by atoms with E-state index in [0.717, 1.165) is 28.6 Å². The van der Waals surface area contributed by atoms with Crippen LogP contribution in [-0.4, -0.2) is 13.2 Å². The van der Waals surface area contributed by atoms with Gasteiger partial charge in [0, 0.05) is 10.0 Å². The minimum absolute atomic E-state index is 0.378. The number of aliphatic imine (C=N–C) groups is 1. The van der Waals surface area contributed by atoms with E-state index in [4.69, 9.17) is 4.74 Å². The third kappa shape index (κ3) is 1.83. The summed E-state index contributed by atoms with van der Waals surface area (Å²) in [5, 5.41) is 0. The number of carbonyl (C=O) groups excluding carboxylic acids is 1. The lowest BCUT2D eigenvalue weighted by Crippen LogP contribution is -2.05. The first-order chi connectivity index (χ1) is 7.22. The van der Waals surface area contributed by atoms with E-state index in [2.05, 4.69) is 20.9 Å². The zero-order chi connectivity index (χ0) is 10.9. The minimum Gasteiger partial charge on any atom is -0.496 e. The molecule has 3 nitrogen and oxygen atoms in total. The second-order valence-corrected chi connectivity index (χ2v) is 4.49. The zero-order valence-corrected chi connectivity index (χ0v) is 9.87. The van der Waals surface area contributed by atoms with Crippen LogP contribution in [0.15, 0.2) is 27.7 Å². The number of hydrogen-bond acceptors (Lipinski definition) is 3. The first kappa shape index (κ1) is 10.4. The number of rotatable bonds is 3. The summed E-state index contributed by atoms with van der Waals surface area (Å²) < 4.78 is 6.23. The molecular weight excluding hydrogens is 258 g/mol. The summed E-state index contributed by atoms with van der Waals surface area (Å²) in [6.07, 6.45) is 3.41. The number of benzene rings is 1. The molecule has 0 radical (unpaired) electrons. The predicted molar refractivity (Wildman–Crippen MR) is 59.7 cm³/mol. The number of halogens is 1. The van der Waals surface area contributed by atoms with Crippen LogP contribution in [0.2, 0.25) is 0 Å². The van der Waals surface area contributed by atoms with Crippen LogP contribution in [0, 0.1) is 0 Å². The summed E-state index contributed by atoms with van der Waals surface area (Å²) in [7, 11) is 1.62. The summed E-state index contributed by atoms with van der Waals surface area (Å²) in [6.45, 7) is 0. The van der Waals surface area contributed by atoms with Gasteiger partial charge in [0.2, 0.25) is 6.08 Å². The molecule has 0 heterocycles. The second kappa shape index (κ2) is 3.80. The van der Waals surface area contributed by atoms with Crippen molar-refractivity contribution in [1.82, 2.24) is 0 Å². The molecule has 1 saturated carbocycles. The van der Waals surface area contributed by atoms with Crippen molar-refractivity contribution in [2.45, 2.75) is 18.4 Å². The summed E-state index contributed by atoms with van der Waals surface area (Å²) in [4.78, 5) is 14.3. The molecule has 2 rings (SSSR count). The Balaban J connectivity index is 2.50. The Labute approximate surface area is 96.3 Å². The quantitative estimate of drug-likeness (QED) is 0.624. The Hall–Kier alpha value is -1.12. The van der Waals surface area contributed by atoms with E-state index >= 15 is 0 Å². The van der Waals surface area contributed by atoms with Crippen molar-refractivity contribution in [3.63, 3.8) is 0 Å². The Kier molecular flexibility index (Phi) is 2.63. The lowest BCUT2D eigenvalue weighted by atomic mass is 10.0. The van der Waals surface area contributed by atoms with Crippen molar-refractivity contribution in [2.24, 2.45) is 4.99 Å². The van der Waals surface area contributed by atoms with Crippen LogP contribution in [-0.2, 0) is 10.3 Å². The maximum Gasteiger partial charge on any atom is 0.235 e. The zero-order valence-electron chi connectivity index (χ0n) is 8.29. The third-order valence-corrected chi connectivity index (χ3v) is 3.14. The standard InChI is InChI=1S/C11H10BrNO2/c1-15-10-3-2-8(12)6-9(10)11(4-5-11)13-7-14/h2-3,6H,4-5H2,1H3. The molecule has 0 spiro atoms. The van der Waals surface area contributed by atoms with Crippen molar-refractivity contribution in [2.75, 3.05) is 7.11 Å². The average Bonchev–Trinajstić information content (AvgIpc) is 2.99. The molecule has 0 amide bonds. The molecule has 0 unspecified atom stereocenters. The van der Waals surface area contributed by atoms with E-state index in [-0.39, 0.29) is 5.54 Å². The summed E-state index contributed by atoms with van der Waals surface area (Å²) in [5.41, 5.74) is 0.583. The highest BCUT2D eigenvalue weighted by molar-refractivity contribution is 9.10. The SMILES string of the molecule is COc1ccc(Br)cc1C1(N=C=O)CC1. The van der Waals surface area contributed by atoms with Crippen LogP contribution in [0.4, 0.5) is 0 Å². The monoisotopic (exact) mass is 267 g/mol. The molecule has 1 fully saturated rings. The fourth-order valence-corrected chi connectivity index (χ4v) is 2.05. The van der Waals surface area contributed by atoms with Crippen molar-refractivity contribution >= 4 is 22.0 Å². The molecule has 0 atom stereocenters. The van der Waals surface area contributed by atoms with Crippen LogP contribution >= 0.6 is 15.9 Å². The molecule has 1 aromatic carbocycles. The average molecular weight is 268 g/mol. The van der Waals surface area contributed by atoms with Gasteiger partial charge in [-0.1, -0.05) is 15.9 Å². The largest absolute Gasteiger partial charge is 0.496 e. The van der Waals surface area contributed by atoms with Gasteiger partial charge < -0.3 is 4.74 Å². The summed E-state index contributed by atoms with van der Waals surface area (Å²) >= 11 is 3.40. The molecule has 78 valence electrons. The van der Waals surface area contributed by atoms with E-state index in [1.54, 1.807) is 13.2 Å². The van der Waals surface area contributed by atoms with Crippen LogP contribution in [0.5, 0.6) is 5.75 Å². The van der Waals surface area contributed by atoms with Gasteiger partial charge in [0.05, 0.1) is 7.11 Å². The second-order valence-electron chi connectivity index (χ2n) is 3.58. The van der Waals surface area contributed by atoms with E-state index in [0.29, 0.717) is 0 Å².